The second-order valence-electron chi connectivity index (χ2n) is 4.45. The fourth-order valence-electron chi connectivity index (χ4n) is 2.02. The number of aromatic nitrogens is 1. The SMILES string of the molecule is Cc1ccccc1CC(N)Cc1ccncc1. The first-order valence-electron chi connectivity index (χ1n) is 5.94. The summed E-state index contributed by atoms with van der Waals surface area (Å²) in [7, 11) is 0. The zero-order valence-electron chi connectivity index (χ0n) is 10.1. The highest BCUT2D eigenvalue weighted by Crippen LogP contribution is 2.11. The number of rotatable bonds is 4. The summed E-state index contributed by atoms with van der Waals surface area (Å²) < 4.78 is 0. The van der Waals surface area contributed by atoms with Crippen molar-refractivity contribution >= 4 is 0 Å². The Bertz CT molecular complexity index is 465. The number of aryl methyl sites for hydroxylation is 1. The lowest BCUT2D eigenvalue weighted by Gasteiger charge is -2.13. The van der Waals surface area contributed by atoms with Crippen molar-refractivity contribution in [3.8, 4) is 0 Å². The Kier molecular flexibility index (Phi) is 3.89. The molecule has 2 heteroatoms. The van der Waals surface area contributed by atoms with Crippen molar-refractivity contribution in [2.75, 3.05) is 0 Å². The fourth-order valence-corrected chi connectivity index (χ4v) is 2.02. The predicted molar refractivity (Wildman–Crippen MR) is 70.8 cm³/mol. The van der Waals surface area contributed by atoms with Crippen LogP contribution in [-0.4, -0.2) is 11.0 Å². The molecule has 2 N–H and O–H groups in total. The van der Waals surface area contributed by atoms with Gasteiger partial charge in [0.15, 0.2) is 0 Å². The van der Waals surface area contributed by atoms with Crippen molar-refractivity contribution in [2.45, 2.75) is 25.8 Å². The van der Waals surface area contributed by atoms with Crippen LogP contribution in [0.25, 0.3) is 0 Å². The first kappa shape index (κ1) is 11.8. The highest BCUT2D eigenvalue weighted by Gasteiger charge is 2.06. The van der Waals surface area contributed by atoms with Crippen molar-refractivity contribution in [1.82, 2.24) is 4.98 Å². The molecule has 1 atom stereocenters. The third-order valence-electron chi connectivity index (χ3n) is 2.99. The van der Waals surface area contributed by atoms with E-state index in [4.69, 9.17) is 5.73 Å². The van der Waals surface area contributed by atoms with E-state index in [1.54, 1.807) is 0 Å². The molecule has 2 aromatic rings. The summed E-state index contributed by atoms with van der Waals surface area (Å²) in [6.45, 7) is 2.13. The van der Waals surface area contributed by atoms with Gasteiger partial charge in [0.2, 0.25) is 0 Å². The summed E-state index contributed by atoms with van der Waals surface area (Å²) in [5.74, 6) is 0. The number of nitrogens with zero attached hydrogens (tertiary/aromatic N) is 1. The van der Waals surface area contributed by atoms with Crippen molar-refractivity contribution in [3.05, 3.63) is 65.5 Å². The van der Waals surface area contributed by atoms with Crippen LogP contribution in [0.5, 0.6) is 0 Å². The van der Waals surface area contributed by atoms with Crippen LogP contribution in [0.1, 0.15) is 16.7 Å². The van der Waals surface area contributed by atoms with Crippen molar-refractivity contribution in [2.24, 2.45) is 5.73 Å². The molecule has 0 spiro atoms. The zero-order chi connectivity index (χ0) is 12.1. The van der Waals surface area contributed by atoms with Crippen LogP contribution in [0.4, 0.5) is 0 Å². The second kappa shape index (κ2) is 5.60. The third-order valence-corrected chi connectivity index (χ3v) is 2.99. The average Bonchev–Trinajstić information content (AvgIpc) is 2.33. The Morgan fingerprint density at radius 3 is 2.47 bits per heavy atom. The Morgan fingerprint density at radius 1 is 1.06 bits per heavy atom. The molecule has 1 unspecified atom stereocenters. The molecule has 0 saturated carbocycles. The normalized spacial score (nSPS) is 12.4. The fraction of sp³-hybridized carbons (Fsp3) is 0.267. The highest BCUT2D eigenvalue weighted by atomic mass is 14.6. The predicted octanol–water partition coefficient (Wildman–Crippen LogP) is 2.50. The van der Waals surface area contributed by atoms with Crippen LogP contribution in [0, 0.1) is 6.92 Å². The number of nitrogens with two attached hydrogens (primary N) is 1. The van der Waals surface area contributed by atoms with Gasteiger partial charge in [-0.25, -0.2) is 0 Å². The summed E-state index contributed by atoms with van der Waals surface area (Å²) in [6.07, 6.45) is 5.46. The molecule has 0 amide bonds. The van der Waals surface area contributed by atoms with Crippen LogP contribution < -0.4 is 5.73 Å². The Labute approximate surface area is 103 Å². The summed E-state index contributed by atoms with van der Waals surface area (Å²) in [5, 5.41) is 0. The van der Waals surface area contributed by atoms with Gasteiger partial charge in [0, 0.05) is 18.4 Å². The molecule has 0 saturated heterocycles. The van der Waals surface area contributed by atoms with Crippen LogP contribution in [0.2, 0.25) is 0 Å². The minimum atomic E-state index is 0.165. The van der Waals surface area contributed by atoms with Gasteiger partial charge in [-0.15, -0.1) is 0 Å². The Morgan fingerprint density at radius 2 is 1.76 bits per heavy atom. The topological polar surface area (TPSA) is 38.9 Å². The van der Waals surface area contributed by atoms with Gasteiger partial charge in [-0.1, -0.05) is 24.3 Å². The maximum absolute atomic E-state index is 6.19. The lowest BCUT2D eigenvalue weighted by molar-refractivity contribution is 0.662. The van der Waals surface area contributed by atoms with E-state index in [0.717, 1.165) is 12.8 Å². The van der Waals surface area contributed by atoms with Gasteiger partial charge in [0.05, 0.1) is 0 Å². The van der Waals surface area contributed by atoms with Gasteiger partial charge in [0.1, 0.15) is 0 Å². The molecule has 1 aromatic carbocycles. The third kappa shape index (κ3) is 3.40. The van der Waals surface area contributed by atoms with E-state index in [0.29, 0.717) is 0 Å². The summed E-state index contributed by atoms with van der Waals surface area (Å²) in [4.78, 5) is 4.01. The van der Waals surface area contributed by atoms with Crippen LogP contribution in [0.15, 0.2) is 48.8 Å². The molecule has 1 aromatic heterocycles. The molecule has 0 aliphatic carbocycles. The van der Waals surface area contributed by atoms with Crippen molar-refractivity contribution in [3.63, 3.8) is 0 Å². The monoisotopic (exact) mass is 226 g/mol. The van der Waals surface area contributed by atoms with Crippen LogP contribution in [-0.2, 0) is 12.8 Å². The zero-order valence-corrected chi connectivity index (χ0v) is 10.1. The van der Waals surface area contributed by atoms with E-state index < -0.39 is 0 Å². The molecule has 88 valence electrons. The molecular weight excluding hydrogens is 208 g/mol. The van der Waals surface area contributed by atoms with E-state index in [2.05, 4.69) is 36.2 Å². The van der Waals surface area contributed by atoms with E-state index >= 15 is 0 Å². The minimum Gasteiger partial charge on any atom is -0.327 e. The standard InChI is InChI=1S/C15H18N2/c1-12-4-2-3-5-14(12)11-15(16)10-13-6-8-17-9-7-13/h2-9,15H,10-11,16H2,1H3. The van der Waals surface area contributed by atoms with E-state index in [1.807, 2.05) is 24.5 Å². The first-order valence-corrected chi connectivity index (χ1v) is 5.94. The Balaban J connectivity index is 1.98. The first-order chi connectivity index (χ1) is 8.25. The van der Waals surface area contributed by atoms with Crippen LogP contribution in [0.3, 0.4) is 0 Å². The Hall–Kier alpha value is -1.67. The van der Waals surface area contributed by atoms with Gasteiger partial charge in [-0.3, -0.25) is 4.98 Å². The van der Waals surface area contributed by atoms with E-state index in [-0.39, 0.29) is 6.04 Å². The molecule has 0 aliphatic rings. The molecule has 2 nitrogen and oxygen atoms in total. The molecule has 2 rings (SSSR count). The smallest absolute Gasteiger partial charge is 0.0270 e. The average molecular weight is 226 g/mol. The lowest BCUT2D eigenvalue weighted by atomic mass is 9.97. The van der Waals surface area contributed by atoms with Gasteiger partial charge in [-0.2, -0.15) is 0 Å². The number of pyridine rings is 1. The molecule has 0 aliphatic heterocycles. The largest absolute Gasteiger partial charge is 0.327 e. The molecule has 17 heavy (non-hydrogen) atoms. The number of benzene rings is 1. The maximum Gasteiger partial charge on any atom is 0.0270 e. The van der Waals surface area contributed by atoms with E-state index in [9.17, 15) is 0 Å². The van der Waals surface area contributed by atoms with Gasteiger partial charge >= 0.3 is 0 Å². The molecule has 0 radical (unpaired) electrons. The van der Waals surface area contributed by atoms with Crippen molar-refractivity contribution < 1.29 is 0 Å². The minimum absolute atomic E-state index is 0.165. The maximum atomic E-state index is 6.19. The number of hydrogen-bond acceptors (Lipinski definition) is 2. The summed E-state index contributed by atoms with van der Waals surface area (Å²) >= 11 is 0. The number of hydrogen-bond donors (Lipinski definition) is 1. The second-order valence-corrected chi connectivity index (χ2v) is 4.45. The molecule has 1 heterocycles. The highest BCUT2D eigenvalue weighted by molar-refractivity contribution is 5.26. The summed E-state index contributed by atoms with van der Waals surface area (Å²) in [6, 6.07) is 12.6. The summed E-state index contributed by atoms with van der Waals surface area (Å²) in [5.41, 5.74) is 10.1. The van der Waals surface area contributed by atoms with Crippen molar-refractivity contribution in [1.29, 1.82) is 0 Å². The van der Waals surface area contributed by atoms with Crippen LogP contribution >= 0.6 is 0 Å². The van der Waals surface area contributed by atoms with E-state index in [1.165, 1.54) is 16.7 Å². The quantitative estimate of drug-likeness (QED) is 0.870. The molecule has 0 fully saturated rings. The van der Waals surface area contributed by atoms with Gasteiger partial charge in [0.25, 0.3) is 0 Å². The van der Waals surface area contributed by atoms with Gasteiger partial charge in [-0.05, 0) is 48.6 Å². The van der Waals surface area contributed by atoms with Gasteiger partial charge < -0.3 is 5.73 Å². The molecular formula is C15H18N2. The molecule has 0 bridgehead atoms. The lowest BCUT2D eigenvalue weighted by Crippen LogP contribution is -2.25.